The van der Waals surface area contributed by atoms with E-state index in [-0.39, 0.29) is 37.0 Å². The van der Waals surface area contributed by atoms with Gasteiger partial charge < -0.3 is 10.6 Å². The first-order valence-electron chi connectivity index (χ1n) is 10.3. The molecule has 1 amide bonds. The van der Waals surface area contributed by atoms with Gasteiger partial charge in [0, 0.05) is 23.1 Å². The number of rotatable bonds is 8. The fourth-order valence-corrected chi connectivity index (χ4v) is 4.00. The van der Waals surface area contributed by atoms with Crippen LogP contribution in [0.25, 0.3) is 0 Å². The Bertz CT molecular complexity index is 1260. The predicted molar refractivity (Wildman–Crippen MR) is 132 cm³/mol. The number of aromatic nitrogens is 2. The summed E-state index contributed by atoms with van der Waals surface area (Å²) >= 11 is 12.2. The number of benzene rings is 2. The van der Waals surface area contributed by atoms with E-state index in [0.717, 1.165) is 11.1 Å². The number of amides is 1. The number of halogens is 2. The van der Waals surface area contributed by atoms with E-state index >= 15 is 0 Å². The van der Waals surface area contributed by atoms with Crippen molar-refractivity contribution in [2.75, 3.05) is 30.8 Å². The van der Waals surface area contributed by atoms with Crippen molar-refractivity contribution in [3.63, 3.8) is 0 Å². The van der Waals surface area contributed by atoms with Crippen molar-refractivity contribution in [2.45, 2.75) is 20.0 Å². The van der Waals surface area contributed by atoms with Crippen LogP contribution in [-0.4, -0.2) is 40.5 Å². The van der Waals surface area contributed by atoms with Gasteiger partial charge in [0.1, 0.15) is 5.82 Å². The van der Waals surface area contributed by atoms with Crippen molar-refractivity contribution in [3.05, 3.63) is 90.5 Å². The number of hydrogen-bond acceptors (Lipinski definition) is 5. The van der Waals surface area contributed by atoms with Gasteiger partial charge >= 0.3 is 5.69 Å². The molecular formula is C23H25Cl2N5O3. The van der Waals surface area contributed by atoms with Crippen LogP contribution in [0.4, 0.5) is 11.5 Å². The van der Waals surface area contributed by atoms with Crippen molar-refractivity contribution in [3.8, 4) is 0 Å². The van der Waals surface area contributed by atoms with Crippen molar-refractivity contribution in [1.29, 1.82) is 0 Å². The third-order valence-corrected chi connectivity index (χ3v) is 5.73. The Morgan fingerprint density at radius 2 is 1.82 bits per heavy atom. The molecule has 0 bridgehead atoms. The minimum Gasteiger partial charge on any atom is -0.383 e. The van der Waals surface area contributed by atoms with Crippen LogP contribution >= 0.6 is 23.2 Å². The third kappa shape index (κ3) is 5.84. The maximum Gasteiger partial charge on any atom is 0.330 e. The number of aromatic amines is 1. The van der Waals surface area contributed by atoms with E-state index in [4.69, 9.17) is 28.9 Å². The zero-order valence-electron chi connectivity index (χ0n) is 18.3. The Balaban J connectivity index is 1.85. The van der Waals surface area contributed by atoms with Crippen molar-refractivity contribution in [1.82, 2.24) is 14.5 Å². The van der Waals surface area contributed by atoms with E-state index in [0.29, 0.717) is 16.6 Å². The second-order valence-electron chi connectivity index (χ2n) is 7.61. The van der Waals surface area contributed by atoms with Gasteiger partial charge in [-0.15, -0.1) is 0 Å². The molecule has 0 aliphatic heterocycles. The summed E-state index contributed by atoms with van der Waals surface area (Å²) in [5.41, 5.74) is 6.50. The standard InChI is InChI=1S/C23H25Cl2N5O3/c1-3-29(19(31)14-28(2)13-16-9-10-17(24)11-18(16)25)20-21(26)30(23(33)27-22(20)32)12-15-7-5-4-6-8-15/h4-11H,3,12-14,26H2,1-2H3,(H,27,32,33). The van der Waals surface area contributed by atoms with Crippen LogP contribution in [0.1, 0.15) is 18.1 Å². The minimum atomic E-state index is -0.708. The highest BCUT2D eigenvalue weighted by Crippen LogP contribution is 2.22. The molecule has 3 rings (SSSR count). The van der Waals surface area contributed by atoms with Gasteiger partial charge in [0.2, 0.25) is 5.91 Å². The molecule has 0 aliphatic rings. The summed E-state index contributed by atoms with van der Waals surface area (Å²) in [5, 5.41) is 1.03. The molecule has 0 radical (unpaired) electrons. The van der Waals surface area contributed by atoms with Crippen molar-refractivity contribution < 1.29 is 4.79 Å². The van der Waals surface area contributed by atoms with Gasteiger partial charge in [-0.25, -0.2) is 4.79 Å². The van der Waals surface area contributed by atoms with Crippen molar-refractivity contribution in [2.24, 2.45) is 0 Å². The van der Waals surface area contributed by atoms with Gasteiger partial charge in [0.15, 0.2) is 5.69 Å². The minimum absolute atomic E-state index is 0.00346. The molecule has 2 aromatic carbocycles. The smallest absolute Gasteiger partial charge is 0.330 e. The number of anilines is 2. The average molecular weight is 490 g/mol. The predicted octanol–water partition coefficient (Wildman–Crippen LogP) is 2.96. The highest BCUT2D eigenvalue weighted by molar-refractivity contribution is 6.35. The molecule has 0 saturated carbocycles. The Morgan fingerprint density at radius 1 is 1.12 bits per heavy atom. The molecule has 174 valence electrons. The number of hydrogen-bond donors (Lipinski definition) is 2. The number of nitrogens with zero attached hydrogens (tertiary/aromatic N) is 3. The van der Waals surface area contributed by atoms with Crippen LogP contribution in [0.5, 0.6) is 0 Å². The summed E-state index contributed by atoms with van der Waals surface area (Å²) in [6.07, 6.45) is 0. The molecule has 0 atom stereocenters. The fraction of sp³-hybridized carbons (Fsp3) is 0.261. The maximum atomic E-state index is 13.1. The maximum absolute atomic E-state index is 13.1. The molecule has 3 N–H and O–H groups in total. The number of likely N-dealkylation sites (N-methyl/N-ethyl adjacent to an activating group) is 2. The third-order valence-electron chi connectivity index (χ3n) is 5.15. The van der Waals surface area contributed by atoms with Gasteiger partial charge in [-0.3, -0.25) is 24.0 Å². The summed E-state index contributed by atoms with van der Waals surface area (Å²) in [6.45, 7) is 2.50. The lowest BCUT2D eigenvalue weighted by molar-refractivity contribution is -0.119. The van der Waals surface area contributed by atoms with E-state index in [1.54, 1.807) is 37.1 Å². The zero-order valence-corrected chi connectivity index (χ0v) is 19.9. The Labute approximate surface area is 201 Å². The van der Waals surface area contributed by atoms with E-state index in [1.165, 1.54) is 9.47 Å². The van der Waals surface area contributed by atoms with Crippen LogP contribution in [0.2, 0.25) is 10.0 Å². The van der Waals surface area contributed by atoms with E-state index < -0.39 is 11.2 Å². The molecule has 1 aromatic heterocycles. The molecule has 0 spiro atoms. The highest BCUT2D eigenvalue weighted by Gasteiger charge is 2.24. The van der Waals surface area contributed by atoms with Gasteiger partial charge in [0.25, 0.3) is 5.56 Å². The normalized spacial score (nSPS) is 11.1. The second kappa shape index (κ2) is 10.7. The first kappa shape index (κ1) is 24.6. The highest BCUT2D eigenvalue weighted by atomic mass is 35.5. The Hall–Kier alpha value is -3.07. The molecule has 33 heavy (non-hydrogen) atoms. The number of carbonyl (C=O) groups excluding carboxylic acids is 1. The summed E-state index contributed by atoms with van der Waals surface area (Å²) in [5.74, 6) is -0.404. The fourth-order valence-electron chi connectivity index (χ4n) is 3.53. The number of nitrogen functional groups attached to an aromatic ring is 1. The lowest BCUT2D eigenvalue weighted by Gasteiger charge is -2.26. The lowest BCUT2D eigenvalue weighted by Crippen LogP contribution is -2.44. The first-order chi connectivity index (χ1) is 15.7. The lowest BCUT2D eigenvalue weighted by atomic mass is 10.2. The SMILES string of the molecule is CCN(C(=O)CN(C)Cc1ccc(Cl)cc1Cl)c1c(N)n(Cc2ccccc2)c(=O)[nH]c1=O. The summed E-state index contributed by atoms with van der Waals surface area (Å²) in [6, 6.07) is 14.4. The summed E-state index contributed by atoms with van der Waals surface area (Å²) in [7, 11) is 1.76. The largest absolute Gasteiger partial charge is 0.383 e. The molecule has 3 aromatic rings. The molecule has 0 saturated heterocycles. The van der Waals surface area contributed by atoms with Gasteiger partial charge in [-0.2, -0.15) is 0 Å². The van der Waals surface area contributed by atoms with Crippen molar-refractivity contribution >= 4 is 40.6 Å². The topological polar surface area (TPSA) is 104 Å². The molecular weight excluding hydrogens is 465 g/mol. The van der Waals surface area contributed by atoms with Crippen LogP contribution in [0.3, 0.4) is 0 Å². The van der Waals surface area contributed by atoms with Gasteiger partial charge in [0.05, 0.1) is 13.1 Å². The van der Waals surface area contributed by atoms with E-state index in [9.17, 15) is 14.4 Å². The van der Waals surface area contributed by atoms with Crippen LogP contribution in [-0.2, 0) is 17.9 Å². The first-order valence-corrected chi connectivity index (χ1v) is 11.1. The summed E-state index contributed by atoms with van der Waals surface area (Å²) < 4.78 is 1.25. The molecule has 10 heteroatoms. The quantitative estimate of drug-likeness (QED) is 0.505. The van der Waals surface area contributed by atoms with Gasteiger partial charge in [-0.05, 0) is 37.2 Å². The summed E-state index contributed by atoms with van der Waals surface area (Å²) in [4.78, 5) is 43.5. The zero-order chi connectivity index (χ0) is 24.1. The molecule has 0 unspecified atom stereocenters. The van der Waals surface area contributed by atoms with E-state index in [1.807, 2.05) is 30.3 Å². The molecule has 8 nitrogen and oxygen atoms in total. The molecule has 0 fully saturated rings. The van der Waals surface area contributed by atoms with Gasteiger partial charge in [-0.1, -0.05) is 59.6 Å². The number of H-pyrrole nitrogens is 1. The molecule has 0 aliphatic carbocycles. The van der Waals surface area contributed by atoms with Crippen LogP contribution in [0, 0.1) is 0 Å². The number of carbonyl (C=O) groups is 1. The molecule has 1 heterocycles. The number of nitrogens with two attached hydrogens (primary N) is 1. The average Bonchev–Trinajstić information content (AvgIpc) is 2.76. The number of nitrogens with one attached hydrogen (secondary N) is 1. The van der Waals surface area contributed by atoms with Crippen LogP contribution in [0.15, 0.2) is 58.1 Å². The monoisotopic (exact) mass is 489 g/mol. The van der Waals surface area contributed by atoms with E-state index in [2.05, 4.69) is 4.98 Å². The van der Waals surface area contributed by atoms with Crippen LogP contribution < -0.4 is 21.9 Å². The Kier molecular flexibility index (Phi) is 7.97. The Morgan fingerprint density at radius 3 is 2.45 bits per heavy atom. The second-order valence-corrected chi connectivity index (χ2v) is 8.45.